The van der Waals surface area contributed by atoms with Gasteiger partial charge < -0.3 is 14.8 Å². The van der Waals surface area contributed by atoms with Crippen LogP contribution in [0.4, 0.5) is 5.82 Å². The summed E-state index contributed by atoms with van der Waals surface area (Å²) in [5.74, 6) is 2.36. The van der Waals surface area contributed by atoms with Crippen LogP contribution in [0.15, 0.2) is 71.9 Å². The van der Waals surface area contributed by atoms with Crippen LogP contribution in [0.25, 0.3) is 17.1 Å². The van der Waals surface area contributed by atoms with Crippen LogP contribution < -0.4 is 14.8 Å². The Morgan fingerprint density at radius 2 is 1.76 bits per heavy atom. The number of thioether (sulfide) groups is 1. The third kappa shape index (κ3) is 5.15. The quantitative estimate of drug-likeness (QED) is 0.389. The molecular weight excluding hydrogens is 438 g/mol. The Labute approximate surface area is 196 Å². The van der Waals surface area contributed by atoms with Crippen molar-refractivity contribution in [3.05, 3.63) is 72.4 Å². The fraction of sp³-hybridized carbons (Fsp3) is 0.167. The van der Waals surface area contributed by atoms with Crippen LogP contribution in [0.5, 0.6) is 11.5 Å². The van der Waals surface area contributed by atoms with Gasteiger partial charge in [0.25, 0.3) is 0 Å². The normalized spacial score (nSPS) is 10.6. The lowest BCUT2D eigenvalue weighted by atomic mass is 10.2. The highest BCUT2D eigenvalue weighted by Crippen LogP contribution is 2.34. The summed E-state index contributed by atoms with van der Waals surface area (Å²) in [6, 6.07) is 20.8. The van der Waals surface area contributed by atoms with E-state index in [4.69, 9.17) is 9.47 Å². The number of amides is 1. The molecule has 1 N–H and O–H groups in total. The van der Waals surface area contributed by atoms with E-state index in [1.165, 1.54) is 11.8 Å². The number of aryl methyl sites for hydroxylation is 1. The van der Waals surface area contributed by atoms with E-state index >= 15 is 0 Å². The van der Waals surface area contributed by atoms with Crippen molar-refractivity contribution < 1.29 is 14.3 Å². The van der Waals surface area contributed by atoms with Crippen LogP contribution in [0.2, 0.25) is 0 Å². The molecule has 4 rings (SSSR count). The number of rotatable bonds is 8. The predicted octanol–water partition coefficient (Wildman–Crippen LogP) is 4.39. The van der Waals surface area contributed by atoms with Gasteiger partial charge in [0.05, 0.1) is 20.0 Å². The first-order chi connectivity index (χ1) is 16.1. The number of anilines is 1. The summed E-state index contributed by atoms with van der Waals surface area (Å²) < 4.78 is 12.7. The number of hydrogen-bond acceptors (Lipinski definition) is 7. The van der Waals surface area contributed by atoms with E-state index in [1.54, 1.807) is 20.3 Å². The van der Waals surface area contributed by atoms with E-state index < -0.39 is 0 Å². The number of ether oxygens (including phenoxy) is 2. The predicted molar refractivity (Wildman–Crippen MR) is 128 cm³/mol. The molecular formula is C24H23N5O3S. The molecule has 168 valence electrons. The minimum atomic E-state index is -0.173. The topological polar surface area (TPSA) is 91.2 Å². The standard InChI is InChI=1S/C24H23N5O3S/c1-16-8-7-11-21(25-16)26-22(30)15-33-24-28-27-23(29(24)18-9-5-4-6-10-18)17-12-13-19(31-2)20(14-17)32-3/h4-14H,15H2,1-3H3,(H,25,26,30). The molecule has 0 spiro atoms. The van der Waals surface area contributed by atoms with Crippen molar-refractivity contribution in [2.75, 3.05) is 25.3 Å². The molecule has 8 nitrogen and oxygen atoms in total. The zero-order valence-corrected chi connectivity index (χ0v) is 19.3. The highest BCUT2D eigenvalue weighted by atomic mass is 32.2. The smallest absolute Gasteiger partial charge is 0.236 e. The Balaban J connectivity index is 1.63. The molecule has 2 aromatic heterocycles. The monoisotopic (exact) mass is 461 g/mol. The summed E-state index contributed by atoms with van der Waals surface area (Å²) in [6.07, 6.45) is 0. The zero-order valence-electron chi connectivity index (χ0n) is 18.5. The number of carbonyl (C=O) groups is 1. The first-order valence-corrected chi connectivity index (χ1v) is 11.2. The van der Waals surface area contributed by atoms with Gasteiger partial charge >= 0.3 is 0 Å². The maximum atomic E-state index is 12.5. The van der Waals surface area contributed by atoms with Gasteiger partial charge in [0.15, 0.2) is 22.5 Å². The molecule has 2 aromatic carbocycles. The molecule has 0 unspecified atom stereocenters. The number of hydrogen-bond donors (Lipinski definition) is 1. The highest BCUT2D eigenvalue weighted by Gasteiger charge is 2.19. The van der Waals surface area contributed by atoms with Gasteiger partial charge in [0.2, 0.25) is 5.91 Å². The first-order valence-electron chi connectivity index (χ1n) is 10.2. The van der Waals surface area contributed by atoms with E-state index in [1.807, 2.05) is 72.2 Å². The average Bonchev–Trinajstić information content (AvgIpc) is 3.27. The lowest BCUT2D eigenvalue weighted by Crippen LogP contribution is -2.15. The maximum Gasteiger partial charge on any atom is 0.236 e. The number of aromatic nitrogens is 4. The number of methoxy groups -OCH3 is 2. The van der Waals surface area contributed by atoms with Gasteiger partial charge in [-0.15, -0.1) is 10.2 Å². The van der Waals surface area contributed by atoms with Crippen molar-refractivity contribution in [3.8, 4) is 28.6 Å². The first kappa shape index (κ1) is 22.3. The number of para-hydroxylation sites is 1. The summed E-state index contributed by atoms with van der Waals surface area (Å²) in [7, 11) is 3.18. The number of pyridine rings is 1. The molecule has 33 heavy (non-hydrogen) atoms. The Hall–Kier alpha value is -3.85. The minimum Gasteiger partial charge on any atom is -0.493 e. The van der Waals surface area contributed by atoms with E-state index in [2.05, 4.69) is 20.5 Å². The molecule has 9 heteroatoms. The molecule has 0 saturated carbocycles. The van der Waals surface area contributed by atoms with Crippen molar-refractivity contribution in [1.29, 1.82) is 0 Å². The van der Waals surface area contributed by atoms with E-state index in [0.717, 1.165) is 16.9 Å². The van der Waals surface area contributed by atoms with Gasteiger partial charge in [0, 0.05) is 16.9 Å². The minimum absolute atomic E-state index is 0.159. The van der Waals surface area contributed by atoms with Crippen LogP contribution >= 0.6 is 11.8 Å². The number of nitrogens with zero attached hydrogens (tertiary/aromatic N) is 4. The molecule has 0 aliphatic heterocycles. The molecule has 0 aliphatic carbocycles. The van der Waals surface area contributed by atoms with E-state index in [9.17, 15) is 4.79 Å². The fourth-order valence-corrected chi connectivity index (χ4v) is 4.01. The van der Waals surface area contributed by atoms with Crippen molar-refractivity contribution in [2.24, 2.45) is 0 Å². The number of carbonyl (C=O) groups excluding carboxylic acids is 1. The van der Waals surface area contributed by atoms with Crippen molar-refractivity contribution >= 4 is 23.5 Å². The van der Waals surface area contributed by atoms with Crippen LogP contribution in [0.3, 0.4) is 0 Å². The van der Waals surface area contributed by atoms with Gasteiger partial charge in [-0.3, -0.25) is 9.36 Å². The Kier molecular flexibility index (Phi) is 6.89. The van der Waals surface area contributed by atoms with Gasteiger partial charge in [0.1, 0.15) is 5.82 Å². The lowest BCUT2D eigenvalue weighted by Gasteiger charge is -2.12. The van der Waals surface area contributed by atoms with Crippen LogP contribution in [-0.4, -0.2) is 45.6 Å². The highest BCUT2D eigenvalue weighted by molar-refractivity contribution is 7.99. The molecule has 4 aromatic rings. The van der Waals surface area contributed by atoms with Gasteiger partial charge in [-0.2, -0.15) is 0 Å². The lowest BCUT2D eigenvalue weighted by molar-refractivity contribution is -0.113. The summed E-state index contributed by atoms with van der Waals surface area (Å²) in [4.78, 5) is 16.8. The molecule has 0 radical (unpaired) electrons. The summed E-state index contributed by atoms with van der Waals surface area (Å²) in [6.45, 7) is 1.88. The Morgan fingerprint density at radius 3 is 2.48 bits per heavy atom. The second kappa shape index (κ2) is 10.2. The number of nitrogens with one attached hydrogen (secondary N) is 1. The third-order valence-electron chi connectivity index (χ3n) is 4.78. The second-order valence-corrected chi connectivity index (χ2v) is 7.99. The van der Waals surface area contributed by atoms with Crippen molar-refractivity contribution in [2.45, 2.75) is 12.1 Å². The van der Waals surface area contributed by atoms with Crippen LogP contribution in [-0.2, 0) is 4.79 Å². The van der Waals surface area contributed by atoms with E-state index in [0.29, 0.717) is 28.3 Å². The SMILES string of the molecule is COc1ccc(-c2nnc(SCC(=O)Nc3cccc(C)n3)n2-c2ccccc2)cc1OC. The molecule has 1 amide bonds. The number of benzene rings is 2. The van der Waals surface area contributed by atoms with Crippen molar-refractivity contribution in [1.82, 2.24) is 19.7 Å². The van der Waals surface area contributed by atoms with Gasteiger partial charge in [-0.25, -0.2) is 4.98 Å². The molecule has 0 bridgehead atoms. The van der Waals surface area contributed by atoms with Gasteiger partial charge in [-0.1, -0.05) is 36.0 Å². The largest absolute Gasteiger partial charge is 0.493 e. The van der Waals surface area contributed by atoms with E-state index in [-0.39, 0.29) is 11.7 Å². The molecule has 2 heterocycles. The Bertz CT molecular complexity index is 1260. The van der Waals surface area contributed by atoms with Crippen LogP contribution in [0.1, 0.15) is 5.69 Å². The molecule has 0 saturated heterocycles. The van der Waals surface area contributed by atoms with Crippen molar-refractivity contribution in [3.63, 3.8) is 0 Å². The maximum absolute atomic E-state index is 12.5. The molecule has 0 aliphatic rings. The summed E-state index contributed by atoms with van der Waals surface area (Å²) >= 11 is 1.30. The van der Waals surface area contributed by atoms with Crippen LogP contribution in [0, 0.1) is 6.92 Å². The Morgan fingerprint density at radius 1 is 0.970 bits per heavy atom. The molecule has 0 atom stereocenters. The average molecular weight is 462 g/mol. The second-order valence-electron chi connectivity index (χ2n) is 7.05. The molecule has 0 fully saturated rings. The summed E-state index contributed by atoms with van der Waals surface area (Å²) in [5.41, 5.74) is 2.53. The summed E-state index contributed by atoms with van der Waals surface area (Å²) in [5, 5.41) is 12.2. The fourth-order valence-electron chi connectivity index (χ4n) is 3.26. The third-order valence-corrected chi connectivity index (χ3v) is 5.71. The zero-order chi connectivity index (χ0) is 23.2. The van der Waals surface area contributed by atoms with Gasteiger partial charge in [-0.05, 0) is 49.4 Å².